The van der Waals surface area contributed by atoms with Crippen LogP contribution in [0.5, 0.6) is 5.75 Å². The van der Waals surface area contributed by atoms with E-state index in [1.807, 2.05) is 30.0 Å². The molecule has 0 fully saturated rings. The number of allylic oxidation sites excluding steroid dienone is 7. The van der Waals surface area contributed by atoms with E-state index in [0.717, 1.165) is 24.1 Å². The number of hydrogen-bond donors (Lipinski definition) is 2. The third kappa shape index (κ3) is 3.62. The summed E-state index contributed by atoms with van der Waals surface area (Å²) >= 11 is 1.82. The van der Waals surface area contributed by atoms with Crippen LogP contribution in [0.15, 0.2) is 71.5 Å². The van der Waals surface area contributed by atoms with Crippen LogP contribution < -0.4 is 5.73 Å². The summed E-state index contributed by atoms with van der Waals surface area (Å²) in [5, 5.41) is 10.5. The summed E-state index contributed by atoms with van der Waals surface area (Å²) in [5.41, 5.74) is 10.8. The van der Waals surface area contributed by atoms with Gasteiger partial charge in [0.05, 0.1) is 5.25 Å². The fourth-order valence-electron chi connectivity index (χ4n) is 3.32. The largest absolute Gasteiger partial charge is 0.508 e. The van der Waals surface area contributed by atoms with Gasteiger partial charge < -0.3 is 10.8 Å². The normalized spacial score (nSPS) is 24.8. The molecule has 0 radical (unpaired) electrons. The molecule has 3 atom stereocenters. The number of aromatic hydroxyl groups is 1. The number of rotatable bonds is 4. The Bertz CT molecular complexity index is 729. The Kier molecular flexibility index (Phi) is 5.20. The maximum absolute atomic E-state index is 10.1. The Hall–Kier alpha value is -1.87. The van der Waals surface area contributed by atoms with E-state index < -0.39 is 0 Å². The second kappa shape index (κ2) is 7.35. The van der Waals surface area contributed by atoms with E-state index in [1.165, 1.54) is 11.1 Å². The van der Waals surface area contributed by atoms with Gasteiger partial charge in [0.2, 0.25) is 0 Å². The molecular formula is C21H25NOS. The maximum Gasteiger partial charge on any atom is 0.119 e. The van der Waals surface area contributed by atoms with Gasteiger partial charge in [-0.25, -0.2) is 0 Å². The molecule has 126 valence electrons. The highest BCUT2D eigenvalue weighted by Gasteiger charge is 2.27. The number of nitrogens with two attached hydrogens (primary N) is 1. The highest BCUT2D eigenvalue weighted by atomic mass is 32.2. The van der Waals surface area contributed by atoms with Crippen LogP contribution >= 0.6 is 11.8 Å². The average Bonchev–Trinajstić information content (AvgIpc) is 2.59. The summed E-state index contributed by atoms with van der Waals surface area (Å²) in [5.74, 6) is 0.719. The van der Waals surface area contributed by atoms with E-state index in [1.54, 1.807) is 6.07 Å². The maximum atomic E-state index is 10.1. The zero-order chi connectivity index (χ0) is 17.1. The lowest BCUT2D eigenvalue weighted by molar-refractivity contribution is 0.468. The topological polar surface area (TPSA) is 46.2 Å². The second-order valence-electron chi connectivity index (χ2n) is 6.52. The lowest BCUT2D eigenvalue weighted by Gasteiger charge is -2.30. The van der Waals surface area contributed by atoms with E-state index in [-0.39, 0.29) is 10.5 Å². The molecule has 1 aromatic carbocycles. The molecule has 0 saturated heterocycles. The molecule has 0 bridgehead atoms. The minimum absolute atomic E-state index is 0.189. The van der Waals surface area contributed by atoms with E-state index in [4.69, 9.17) is 5.73 Å². The van der Waals surface area contributed by atoms with Gasteiger partial charge >= 0.3 is 0 Å². The van der Waals surface area contributed by atoms with Crippen LogP contribution in [-0.4, -0.2) is 10.4 Å². The van der Waals surface area contributed by atoms with Crippen molar-refractivity contribution in [3.8, 4) is 5.75 Å². The van der Waals surface area contributed by atoms with Crippen molar-refractivity contribution in [2.75, 3.05) is 0 Å². The van der Waals surface area contributed by atoms with Crippen LogP contribution in [0.25, 0.3) is 0 Å². The second-order valence-corrected chi connectivity index (χ2v) is 8.01. The van der Waals surface area contributed by atoms with Crippen LogP contribution in [0.2, 0.25) is 0 Å². The first-order chi connectivity index (χ1) is 11.6. The Balaban J connectivity index is 1.76. The number of para-hydroxylation sites is 1. The zero-order valence-electron chi connectivity index (χ0n) is 14.3. The van der Waals surface area contributed by atoms with Crippen LogP contribution in [0, 0.1) is 5.92 Å². The van der Waals surface area contributed by atoms with Crippen molar-refractivity contribution in [1.29, 1.82) is 0 Å². The fourth-order valence-corrected chi connectivity index (χ4v) is 4.66. The third-order valence-electron chi connectivity index (χ3n) is 4.62. The highest BCUT2D eigenvalue weighted by molar-refractivity contribution is 8.00. The highest BCUT2D eigenvalue weighted by Crippen LogP contribution is 2.42. The average molecular weight is 340 g/mol. The van der Waals surface area contributed by atoms with Crippen LogP contribution in [0.4, 0.5) is 0 Å². The molecule has 0 aliphatic heterocycles. The summed E-state index contributed by atoms with van der Waals surface area (Å²) in [6, 6.07) is 7.55. The van der Waals surface area contributed by atoms with Gasteiger partial charge in [0.25, 0.3) is 0 Å². The van der Waals surface area contributed by atoms with Crippen molar-refractivity contribution >= 4 is 11.8 Å². The summed E-state index contributed by atoms with van der Waals surface area (Å²) in [6.45, 7) is 4.35. The summed E-state index contributed by atoms with van der Waals surface area (Å²) < 4.78 is 0. The van der Waals surface area contributed by atoms with Gasteiger partial charge in [-0.05, 0) is 49.0 Å². The molecule has 0 spiro atoms. The monoisotopic (exact) mass is 339 g/mol. The quantitative estimate of drug-likeness (QED) is 0.787. The molecular weight excluding hydrogens is 314 g/mol. The van der Waals surface area contributed by atoms with Crippen molar-refractivity contribution in [1.82, 2.24) is 0 Å². The summed E-state index contributed by atoms with van der Waals surface area (Å²) in [6.07, 6.45) is 13.4. The lowest BCUT2D eigenvalue weighted by atomic mass is 9.89. The Labute approximate surface area is 148 Å². The zero-order valence-corrected chi connectivity index (χ0v) is 15.1. The predicted octanol–water partition coefficient (Wildman–Crippen LogP) is 5.25. The number of benzene rings is 1. The molecule has 2 aliphatic carbocycles. The standard InChI is InChI=1S/C21H25NOS/c1-14-12-17(16-8-4-3-5-9-16)13-19(22)21(14)24-15(2)18-10-6-7-11-20(18)23/h4,6-15,21,23H,3,5,22H2,1-2H3/t14?,15-,21?/m0/s1. The lowest BCUT2D eigenvalue weighted by Crippen LogP contribution is -2.25. The molecule has 0 amide bonds. The van der Waals surface area contributed by atoms with Crippen LogP contribution in [-0.2, 0) is 0 Å². The van der Waals surface area contributed by atoms with Gasteiger partial charge in [-0.3, -0.25) is 0 Å². The smallest absolute Gasteiger partial charge is 0.119 e. The Morgan fingerprint density at radius 1 is 1.21 bits per heavy atom. The molecule has 2 nitrogen and oxygen atoms in total. The van der Waals surface area contributed by atoms with E-state index in [9.17, 15) is 5.11 Å². The van der Waals surface area contributed by atoms with Crippen molar-refractivity contribution in [3.05, 3.63) is 77.1 Å². The molecule has 24 heavy (non-hydrogen) atoms. The van der Waals surface area contributed by atoms with E-state index >= 15 is 0 Å². The minimum atomic E-state index is 0.189. The SMILES string of the molecule is CC1C=C(C2=CCCC=C2)C=C(N)C1S[C@@H](C)c1ccccc1O. The van der Waals surface area contributed by atoms with Crippen molar-refractivity contribution < 1.29 is 5.11 Å². The summed E-state index contributed by atoms with van der Waals surface area (Å²) in [4.78, 5) is 0. The van der Waals surface area contributed by atoms with Gasteiger partial charge in [0.1, 0.15) is 5.75 Å². The van der Waals surface area contributed by atoms with Crippen molar-refractivity contribution in [2.24, 2.45) is 11.7 Å². The first kappa shape index (κ1) is 17.0. The first-order valence-corrected chi connectivity index (χ1v) is 9.50. The molecule has 2 unspecified atom stereocenters. The third-order valence-corrected chi connectivity index (χ3v) is 6.28. The summed E-state index contributed by atoms with van der Waals surface area (Å²) in [7, 11) is 0. The molecule has 3 heteroatoms. The van der Waals surface area contributed by atoms with Gasteiger partial charge in [-0.1, -0.05) is 49.4 Å². The number of phenols is 1. The molecule has 3 rings (SSSR count). The molecule has 1 aromatic rings. The minimum Gasteiger partial charge on any atom is -0.508 e. The van der Waals surface area contributed by atoms with Gasteiger partial charge in [0, 0.05) is 16.5 Å². The predicted molar refractivity (Wildman–Crippen MR) is 104 cm³/mol. The Morgan fingerprint density at radius 3 is 2.67 bits per heavy atom. The van der Waals surface area contributed by atoms with Gasteiger partial charge in [-0.2, -0.15) is 0 Å². The number of hydrogen-bond acceptors (Lipinski definition) is 3. The fraction of sp³-hybridized carbons (Fsp3) is 0.333. The van der Waals surface area contributed by atoms with Crippen molar-refractivity contribution in [3.63, 3.8) is 0 Å². The van der Waals surface area contributed by atoms with E-state index in [2.05, 4.69) is 44.2 Å². The molecule has 3 N–H and O–H groups in total. The van der Waals surface area contributed by atoms with Gasteiger partial charge in [0.15, 0.2) is 0 Å². The molecule has 0 heterocycles. The Morgan fingerprint density at radius 2 is 2.00 bits per heavy atom. The van der Waals surface area contributed by atoms with Crippen LogP contribution in [0.1, 0.15) is 37.5 Å². The number of phenolic OH excluding ortho intramolecular Hbond substituents is 1. The molecule has 2 aliphatic rings. The number of thioether (sulfide) groups is 1. The first-order valence-electron chi connectivity index (χ1n) is 8.55. The van der Waals surface area contributed by atoms with Gasteiger partial charge in [-0.15, -0.1) is 11.8 Å². The van der Waals surface area contributed by atoms with Crippen molar-refractivity contribution in [2.45, 2.75) is 37.2 Å². The molecule has 0 aromatic heterocycles. The van der Waals surface area contributed by atoms with Crippen LogP contribution in [0.3, 0.4) is 0 Å². The van der Waals surface area contributed by atoms with E-state index in [0.29, 0.717) is 11.7 Å². The molecule has 0 saturated carbocycles.